The number of hydrogen-bond donors (Lipinski definition) is 2. The Labute approximate surface area is 145 Å². The highest BCUT2D eigenvalue weighted by Crippen LogP contribution is 2.11. The molecular formula is C18H19N3O4. The zero-order chi connectivity index (χ0) is 18.1. The third kappa shape index (κ3) is 5.65. The molecule has 0 aliphatic rings. The van der Waals surface area contributed by atoms with Crippen LogP contribution in [0.25, 0.3) is 0 Å². The van der Waals surface area contributed by atoms with E-state index in [9.17, 15) is 9.59 Å². The van der Waals surface area contributed by atoms with Crippen molar-refractivity contribution in [2.75, 3.05) is 20.8 Å². The molecule has 0 saturated heterocycles. The molecule has 0 spiro atoms. The van der Waals surface area contributed by atoms with Gasteiger partial charge in [0.2, 0.25) is 0 Å². The van der Waals surface area contributed by atoms with Gasteiger partial charge in [0.25, 0.3) is 11.8 Å². The molecule has 0 atom stereocenters. The van der Waals surface area contributed by atoms with Gasteiger partial charge in [0.1, 0.15) is 11.5 Å². The Morgan fingerprint density at radius 3 is 2.44 bits per heavy atom. The van der Waals surface area contributed by atoms with Crippen molar-refractivity contribution >= 4 is 18.0 Å². The van der Waals surface area contributed by atoms with Crippen LogP contribution in [0.1, 0.15) is 15.9 Å². The number of rotatable bonds is 7. The first kappa shape index (κ1) is 18.0. The zero-order valence-corrected chi connectivity index (χ0v) is 14.0. The number of hydrogen-bond acceptors (Lipinski definition) is 5. The van der Waals surface area contributed by atoms with Crippen molar-refractivity contribution in [3.05, 3.63) is 59.7 Å². The van der Waals surface area contributed by atoms with Gasteiger partial charge in [0.15, 0.2) is 0 Å². The monoisotopic (exact) mass is 341 g/mol. The van der Waals surface area contributed by atoms with E-state index in [2.05, 4.69) is 15.8 Å². The zero-order valence-electron chi connectivity index (χ0n) is 14.0. The van der Waals surface area contributed by atoms with Gasteiger partial charge < -0.3 is 14.8 Å². The molecule has 0 radical (unpaired) electrons. The molecule has 0 aliphatic heterocycles. The predicted octanol–water partition coefficient (Wildman–Crippen LogP) is 1.58. The van der Waals surface area contributed by atoms with Crippen LogP contribution in [0.5, 0.6) is 11.5 Å². The fraction of sp³-hybridized carbons (Fsp3) is 0.167. The number of benzene rings is 2. The molecule has 2 aromatic rings. The van der Waals surface area contributed by atoms with Gasteiger partial charge in [-0.05, 0) is 42.0 Å². The second kappa shape index (κ2) is 9.07. The lowest BCUT2D eigenvalue weighted by Gasteiger charge is -2.05. The maximum atomic E-state index is 11.9. The molecule has 7 heteroatoms. The fourth-order valence-electron chi connectivity index (χ4n) is 1.95. The normalized spacial score (nSPS) is 10.3. The summed E-state index contributed by atoms with van der Waals surface area (Å²) in [7, 11) is 3.12. The molecule has 7 nitrogen and oxygen atoms in total. The Kier molecular flexibility index (Phi) is 6.53. The number of nitrogens with zero attached hydrogens (tertiary/aromatic N) is 1. The van der Waals surface area contributed by atoms with Crippen molar-refractivity contribution in [3.8, 4) is 11.5 Å². The van der Waals surface area contributed by atoms with E-state index in [0.717, 1.165) is 5.56 Å². The number of nitrogens with one attached hydrogen (secondary N) is 2. The highest BCUT2D eigenvalue weighted by atomic mass is 16.5. The first-order chi connectivity index (χ1) is 12.1. The van der Waals surface area contributed by atoms with E-state index >= 15 is 0 Å². The van der Waals surface area contributed by atoms with Crippen LogP contribution < -0.4 is 20.2 Å². The Balaban J connectivity index is 1.79. The maximum absolute atomic E-state index is 11.9. The van der Waals surface area contributed by atoms with Gasteiger partial charge in [-0.2, -0.15) is 5.10 Å². The average molecular weight is 341 g/mol. The van der Waals surface area contributed by atoms with Crippen LogP contribution in [-0.4, -0.2) is 38.8 Å². The van der Waals surface area contributed by atoms with E-state index in [0.29, 0.717) is 17.1 Å². The molecule has 2 rings (SSSR count). The molecular weight excluding hydrogens is 322 g/mol. The maximum Gasteiger partial charge on any atom is 0.259 e. The van der Waals surface area contributed by atoms with Crippen LogP contribution >= 0.6 is 0 Å². The van der Waals surface area contributed by atoms with Crippen molar-refractivity contribution in [2.45, 2.75) is 0 Å². The number of amides is 2. The summed E-state index contributed by atoms with van der Waals surface area (Å²) in [5, 5.41) is 6.36. The summed E-state index contributed by atoms with van der Waals surface area (Å²) in [4.78, 5) is 23.6. The molecule has 2 N–H and O–H groups in total. The lowest BCUT2D eigenvalue weighted by molar-refractivity contribution is -0.120. The minimum atomic E-state index is -0.430. The minimum absolute atomic E-state index is 0.180. The molecule has 0 fully saturated rings. The lowest BCUT2D eigenvalue weighted by atomic mass is 10.2. The van der Waals surface area contributed by atoms with Gasteiger partial charge in [-0.25, -0.2) is 5.43 Å². The van der Waals surface area contributed by atoms with Crippen LogP contribution in [0.2, 0.25) is 0 Å². The molecule has 0 aliphatic carbocycles. The predicted molar refractivity (Wildman–Crippen MR) is 94.1 cm³/mol. The number of ether oxygens (including phenoxy) is 2. The topological polar surface area (TPSA) is 89.0 Å². The summed E-state index contributed by atoms with van der Waals surface area (Å²) in [6.07, 6.45) is 1.49. The largest absolute Gasteiger partial charge is 0.497 e. The first-order valence-electron chi connectivity index (χ1n) is 7.50. The van der Waals surface area contributed by atoms with Crippen molar-refractivity contribution in [1.29, 1.82) is 0 Å². The fourth-order valence-corrected chi connectivity index (χ4v) is 1.95. The molecule has 25 heavy (non-hydrogen) atoms. The van der Waals surface area contributed by atoms with Crippen LogP contribution in [0.4, 0.5) is 0 Å². The smallest absolute Gasteiger partial charge is 0.259 e. The van der Waals surface area contributed by atoms with Gasteiger partial charge in [-0.15, -0.1) is 0 Å². The molecule has 0 bridgehead atoms. The van der Waals surface area contributed by atoms with Crippen molar-refractivity contribution in [1.82, 2.24) is 10.7 Å². The van der Waals surface area contributed by atoms with Crippen molar-refractivity contribution < 1.29 is 19.1 Å². The van der Waals surface area contributed by atoms with Crippen molar-refractivity contribution in [3.63, 3.8) is 0 Å². The van der Waals surface area contributed by atoms with Gasteiger partial charge in [-0.3, -0.25) is 9.59 Å². The number of hydrazone groups is 1. The third-order valence-electron chi connectivity index (χ3n) is 3.26. The van der Waals surface area contributed by atoms with Crippen LogP contribution in [0.3, 0.4) is 0 Å². The second-order valence-corrected chi connectivity index (χ2v) is 4.98. The van der Waals surface area contributed by atoms with E-state index in [4.69, 9.17) is 9.47 Å². The summed E-state index contributed by atoms with van der Waals surface area (Å²) >= 11 is 0. The Morgan fingerprint density at radius 1 is 1.04 bits per heavy atom. The molecule has 2 amide bonds. The van der Waals surface area contributed by atoms with E-state index < -0.39 is 5.91 Å². The Bertz CT molecular complexity index is 757. The summed E-state index contributed by atoms with van der Waals surface area (Å²) in [5.41, 5.74) is 3.57. The average Bonchev–Trinajstić information content (AvgIpc) is 2.66. The van der Waals surface area contributed by atoms with Crippen LogP contribution in [-0.2, 0) is 4.79 Å². The van der Waals surface area contributed by atoms with E-state index in [1.54, 1.807) is 44.6 Å². The van der Waals surface area contributed by atoms with Crippen molar-refractivity contribution in [2.24, 2.45) is 5.10 Å². The molecule has 0 unspecified atom stereocenters. The standard InChI is InChI=1S/C18H19N3O4/c1-24-15-8-6-14(7-9-15)18(23)19-12-17(22)21-20-11-13-4-3-5-16(10-13)25-2/h3-11H,12H2,1-2H3,(H,19,23)(H,21,22)/b20-11-. The SMILES string of the molecule is COc1ccc(C(=O)NCC(=O)N/N=C\c2cccc(OC)c2)cc1. The third-order valence-corrected chi connectivity index (χ3v) is 3.26. The summed E-state index contributed by atoms with van der Waals surface area (Å²) in [5.74, 6) is 0.568. The van der Waals surface area contributed by atoms with E-state index in [-0.39, 0.29) is 12.5 Å². The molecule has 0 aromatic heterocycles. The number of carbonyl (C=O) groups is 2. The molecule has 0 saturated carbocycles. The van der Waals surface area contributed by atoms with Crippen LogP contribution in [0.15, 0.2) is 53.6 Å². The number of methoxy groups -OCH3 is 2. The summed E-state index contributed by atoms with van der Waals surface area (Å²) < 4.78 is 10.1. The molecule has 2 aromatic carbocycles. The van der Waals surface area contributed by atoms with E-state index in [1.165, 1.54) is 6.21 Å². The summed E-state index contributed by atoms with van der Waals surface area (Å²) in [6, 6.07) is 13.8. The van der Waals surface area contributed by atoms with Gasteiger partial charge >= 0.3 is 0 Å². The molecule has 0 heterocycles. The number of carbonyl (C=O) groups excluding carboxylic acids is 2. The highest BCUT2D eigenvalue weighted by molar-refractivity contribution is 5.96. The second-order valence-electron chi connectivity index (χ2n) is 4.98. The van der Waals surface area contributed by atoms with E-state index in [1.807, 2.05) is 18.2 Å². The summed E-state index contributed by atoms with van der Waals surface area (Å²) in [6.45, 7) is -0.180. The first-order valence-corrected chi connectivity index (χ1v) is 7.50. The lowest BCUT2D eigenvalue weighted by Crippen LogP contribution is -2.34. The Morgan fingerprint density at radius 2 is 1.76 bits per heavy atom. The molecule has 130 valence electrons. The van der Waals surface area contributed by atoms with Crippen LogP contribution in [0, 0.1) is 0 Å². The Hall–Kier alpha value is -3.35. The van der Waals surface area contributed by atoms with Gasteiger partial charge in [-0.1, -0.05) is 12.1 Å². The van der Waals surface area contributed by atoms with Gasteiger partial charge in [0, 0.05) is 5.56 Å². The minimum Gasteiger partial charge on any atom is -0.497 e. The quantitative estimate of drug-likeness (QED) is 0.591. The highest BCUT2D eigenvalue weighted by Gasteiger charge is 2.07. The van der Waals surface area contributed by atoms with Gasteiger partial charge in [0.05, 0.1) is 27.0 Å².